The molecule has 0 aliphatic carbocycles. The summed E-state index contributed by atoms with van der Waals surface area (Å²) in [7, 11) is -2.83. The lowest BCUT2D eigenvalue weighted by atomic mass is 10.1. The quantitative estimate of drug-likeness (QED) is 0.817. The summed E-state index contributed by atoms with van der Waals surface area (Å²) in [6.45, 7) is 7.10. The molecule has 1 heterocycles. The highest BCUT2D eigenvalue weighted by Gasteiger charge is 2.18. The number of hydrogen-bond acceptors (Lipinski definition) is 4. The van der Waals surface area contributed by atoms with Crippen molar-refractivity contribution < 1.29 is 8.42 Å². The van der Waals surface area contributed by atoms with Crippen LogP contribution in [-0.2, 0) is 9.84 Å². The van der Waals surface area contributed by atoms with Gasteiger partial charge in [0.1, 0.15) is 9.84 Å². The topological polar surface area (TPSA) is 49.4 Å². The molecule has 1 rings (SSSR count). The number of hydrogen-bond donors (Lipinski definition) is 1. The summed E-state index contributed by atoms with van der Waals surface area (Å²) >= 11 is 0. The summed E-state index contributed by atoms with van der Waals surface area (Å²) in [5, 5.41) is 3.62. The van der Waals surface area contributed by atoms with Crippen molar-refractivity contribution in [2.45, 2.75) is 45.2 Å². The Hall–Kier alpha value is -0.130. The monoisotopic (exact) mass is 262 g/mol. The van der Waals surface area contributed by atoms with Crippen molar-refractivity contribution in [3.63, 3.8) is 0 Å². The van der Waals surface area contributed by atoms with Crippen LogP contribution in [0.5, 0.6) is 0 Å². The van der Waals surface area contributed by atoms with E-state index in [9.17, 15) is 8.42 Å². The summed E-state index contributed by atoms with van der Waals surface area (Å²) in [5.41, 5.74) is 0. The Morgan fingerprint density at radius 2 is 1.94 bits per heavy atom. The molecule has 17 heavy (non-hydrogen) atoms. The van der Waals surface area contributed by atoms with Crippen molar-refractivity contribution in [2.24, 2.45) is 0 Å². The minimum absolute atomic E-state index is 0.283. The highest BCUT2D eigenvalue weighted by atomic mass is 32.2. The third-order valence-electron chi connectivity index (χ3n) is 3.46. The second kappa shape index (κ2) is 6.71. The zero-order valence-corrected chi connectivity index (χ0v) is 12.1. The summed E-state index contributed by atoms with van der Waals surface area (Å²) in [4.78, 5) is 2.29. The first-order valence-corrected chi connectivity index (χ1v) is 8.63. The van der Waals surface area contributed by atoms with Gasteiger partial charge in [-0.1, -0.05) is 6.92 Å². The second-order valence-electron chi connectivity index (χ2n) is 5.22. The van der Waals surface area contributed by atoms with Gasteiger partial charge < -0.3 is 10.2 Å². The predicted molar refractivity (Wildman–Crippen MR) is 72.1 cm³/mol. The van der Waals surface area contributed by atoms with E-state index < -0.39 is 9.84 Å². The molecule has 0 aromatic rings. The first-order chi connectivity index (χ1) is 7.90. The van der Waals surface area contributed by atoms with Crippen molar-refractivity contribution in [3.05, 3.63) is 0 Å². The molecule has 5 heteroatoms. The van der Waals surface area contributed by atoms with Crippen LogP contribution in [0.15, 0.2) is 0 Å². The number of nitrogens with zero attached hydrogens (tertiary/aromatic N) is 1. The van der Waals surface area contributed by atoms with Crippen LogP contribution >= 0.6 is 0 Å². The molecule has 0 amide bonds. The van der Waals surface area contributed by atoms with Gasteiger partial charge in [0.05, 0.1) is 5.75 Å². The SMILES string of the molecule is CCC1CCN(CCS(C)(=O)=O)CCC(C)N1. The van der Waals surface area contributed by atoms with Gasteiger partial charge in [-0.3, -0.25) is 0 Å². The van der Waals surface area contributed by atoms with Crippen LogP contribution in [0.4, 0.5) is 0 Å². The van der Waals surface area contributed by atoms with E-state index in [0.717, 1.165) is 32.4 Å². The van der Waals surface area contributed by atoms with Crippen LogP contribution in [-0.4, -0.2) is 57.0 Å². The van der Waals surface area contributed by atoms with E-state index in [0.29, 0.717) is 18.6 Å². The summed E-state index contributed by atoms with van der Waals surface area (Å²) in [6.07, 6.45) is 4.67. The number of rotatable bonds is 4. The molecule has 1 saturated heterocycles. The Labute approximate surface area is 106 Å². The van der Waals surface area contributed by atoms with E-state index in [1.165, 1.54) is 6.26 Å². The molecular formula is C12H26N2O2S. The van der Waals surface area contributed by atoms with Gasteiger partial charge in [-0.25, -0.2) is 8.42 Å². The molecule has 1 aliphatic heterocycles. The summed E-state index contributed by atoms with van der Waals surface area (Å²) in [6, 6.07) is 1.10. The van der Waals surface area contributed by atoms with Crippen LogP contribution in [0, 0.1) is 0 Å². The zero-order valence-electron chi connectivity index (χ0n) is 11.3. The Morgan fingerprint density at radius 1 is 1.29 bits per heavy atom. The Bertz CT molecular complexity index is 316. The molecule has 102 valence electrons. The fourth-order valence-electron chi connectivity index (χ4n) is 2.24. The third kappa shape index (κ3) is 6.38. The molecule has 1 N–H and O–H groups in total. The number of sulfone groups is 1. The first kappa shape index (κ1) is 14.9. The summed E-state index contributed by atoms with van der Waals surface area (Å²) < 4.78 is 22.3. The maximum Gasteiger partial charge on any atom is 0.148 e. The van der Waals surface area contributed by atoms with Crippen molar-refractivity contribution >= 4 is 9.84 Å². The second-order valence-corrected chi connectivity index (χ2v) is 7.48. The van der Waals surface area contributed by atoms with E-state index in [1.54, 1.807) is 0 Å². The van der Waals surface area contributed by atoms with Gasteiger partial charge in [0.25, 0.3) is 0 Å². The van der Waals surface area contributed by atoms with Crippen LogP contribution in [0.2, 0.25) is 0 Å². The van der Waals surface area contributed by atoms with Gasteiger partial charge in [-0.15, -0.1) is 0 Å². The van der Waals surface area contributed by atoms with Crippen molar-refractivity contribution in [3.8, 4) is 0 Å². The first-order valence-electron chi connectivity index (χ1n) is 6.57. The number of nitrogens with one attached hydrogen (secondary N) is 1. The highest BCUT2D eigenvalue weighted by molar-refractivity contribution is 7.90. The smallest absolute Gasteiger partial charge is 0.148 e. The molecule has 4 nitrogen and oxygen atoms in total. The van der Waals surface area contributed by atoms with E-state index in [1.807, 2.05) is 0 Å². The van der Waals surface area contributed by atoms with Gasteiger partial charge in [-0.05, 0) is 39.3 Å². The third-order valence-corrected chi connectivity index (χ3v) is 4.39. The van der Waals surface area contributed by atoms with E-state index in [-0.39, 0.29) is 5.75 Å². The maximum atomic E-state index is 11.2. The molecule has 1 aliphatic rings. The summed E-state index contributed by atoms with van der Waals surface area (Å²) in [5.74, 6) is 0.283. The van der Waals surface area contributed by atoms with Crippen molar-refractivity contribution in [1.82, 2.24) is 10.2 Å². The van der Waals surface area contributed by atoms with Crippen LogP contribution in [0.3, 0.4) is 0 Å². The van der Waals surface area contributed by atoms with Gasteiger partial charge in [0.2, 0.25) is 0 Å². The van der Waals surface area contributed by atoms with Gasteiger partial charge in [0, 0.05) is 24.9 Å². The zero-order chi connectivity index (χ0) is 12.9. The van der Waals surface area contributed by atoms with Crippen LogP contribution in [0.1, 0.15) is 33.1 Å². The van der Waals surface area contributed by atoms with E-state index >= 15 is 0 Å². The van der Waals surface area contributed by atoms with E-state index in [2.05, 4.69) is 24.1 Å². The normalized spacial score (nSPS) is 28.6. The lowest BCUT2D eigenvalue weighted by molar-refractivity contribution is 0.222. The standard InChI is InChI=1S/C12H26N2O2S/c1-4-12-6-8-14(7-5-11(2)13-12)9-10-17(3,15)16/h11-13H,4-10H2,1-3H3. The molecule has 1 fully saturated rings. The molecule has 0 bridgehead atoms. The maximum absolute atomic E-state index is 11.2. The van der Waals surface area contributed by atoms with E-state index in [4.69, 9.17) is 0 Å². The van der Waals surface area contributed by atoms with Crippen molar-refractivity contribution in [2.75, 3.05) is 31.6 Å². The highest BCUT2D eigenvalue weighted by Crippen LogP contribution is 2.09. The minimum Gasteiger partial charge on any atom is -0.311 e. The minimum atomic E-state index is -2.83. The Morgan fingerprint density at radius 3 is 2.53 bits per heavy atom. The molecule has 0 radical (unpaired) electrons. The lowest BCUT2D eigenvalue weighted by Gasteiger charge is -2.31. The fourth-order valence-corrected chi connectivity index (χ4v) is 2.83. The molecular weight excluding hydrogens is 236 g/mol. The molecule has 2 unspecified atom stereocenters. The molecule has 0 aromatic carbocycles. The average Bonchev–Trinajstić information content (AvgIpc) is 2.21. The van der Waals surface area contributed by atoms with Gasteiger partial charge in [-0.2, -0.15) is 0 Å². The van der Waals surface area contributed by atoms with Gasteiger partial charge >= 0.3 is 0 Å². The Balaban J connectivity index is 2.44. The van der Waals surface area contributed by atoms with Crippen molar-refractivity contribution in [1.29, 1.82) is 0 Å². The lowest BCUT2D eigenvalue weighted by Crippen LogP contribution is -2.44. The molecule has 0 spiro atoms. The fraction of sp³-hybridized carbons (Fsp3) is 1.00. The van der Waals surface area contributed by atoms with Crippen LogP contribution in [0.25, 0.3) is 0 Å². The molecule has 0 saturated carbocycles. The predicted octanol–water partition coefficient (Wildman–Crippen LogP) is 0.884. The Kier molecular flexibility index (Phi) is 5.89. The molecule has 2 atom stereocenters. The average molecular weight is 262 g/mol. The largest absolute Gasteiger partial charge is 0.311 e. The van der Waals surface area contributed by atoms with Gasteiger partial charge in [0.15, 0.2) is 0 Å². The molecule has 0 aromatic heterocycles. The van der Waals surface area contributed by atoms with Crippen LogP contribution < -0.4 is 5.32 Å².